The van der Waals surface area contributed by atoms with Crippen LogP contribution < -0.4 is 14.5 Å². The molecule has 0 aromatic heterocycles. The Bertz CT molecular complexity index is 1120. The molecule has 39 heavy (non-hydrogen) atoms. The van der Waals surface area contributed by atoms with E-state index in [4.69, 9.17) is 27.9 Å². The highest BCUT2D eigenvalue weighted by molar-refractivity contribution is 6.43. The topological polar surface area (TPSA) is 53.1 Å². The smallest absolute Gasteiger partial charge is 0.234 e. The minimum atomic E-state index is -0.101. The fourth-order valence-electron chi connectivity index (χ4n) is 5.38. The van der Waals surface area contributed by atoms with Gasteiger partial charge in [0.05, 0.1) is 28.0 Å². The predicted molar refractivity (Wildman–Crippen MR) is 160 cm³/mol. The van der Waals surface area contributed by atoms with Crippen LogP contribution in [0, 0.1) is 0 Å². The fourth-order valence-corrected chi connectivity index (χ4v) is 5.80. The standard InChI is InChI=1S/C31H41Cl2N3O3/c1-2-3-4-5-6-12-29(37)36-28-23-25(15-13-24(28)14-16-30(36)38)39-22-8-7-17-34-18-20-35(21-19-34)27-11-9-10-26(32)31(27)33/h9-11,13,15,23H,2-8,12,14,16-22H2,1H3. The Labute approximate surface area is 243 Å². The van der Waals surface area contributed by atoms with Crippen LogP contribution in [-0.2, 0) is 16.0 Å². The van der Waals surface area contributed by atoms with Crippen molar-refractivity contribution in [2.24, 2.45) is 0 Å². The maximum absolute atomic E-state index is 12.9. The number of unbranched alkanes of at least 4 members (excludes halogenated alkanes) is 5. The molecular weight excluding hydrogens is 533 g/mol. The molecule has 2 aliphatic rings. The molecule has 6 nitrogen and oxygen atoms in total. The number of halogens is 2. The number of rotatable bonds is 13. The second-order valence-electron chi connectivity index (χ2n) is 10.5. The largest absolute Gasteiger partial charge is 0.494 e. The van der Waals surface area contributed by atoms with Crippen molar-refractivity contribution in [1.82, 2.24) is 4.90 Å². The summed E-state index contributed by atoms with van der Waals surface area (Å²) in [5, 5.41) is 1.23. The van der Waals surface area contributed by atoms with Gasteiger partial charge in [-0.1, -0.05) is 67.9 Å². The molecule has 2 heterocycles. The monoisotopic (exact) mass is 573 g/mol. The maximum atomic E-state index is 12.9. The average Bonchev–Trinajstić information content (AvgIpc) is 2.94. The molecule has 1 fully saturated rings. The van der Waals surface area contributed by atoms with Crippen LogP contribution in [0.3, 0.4) is 0 Å². The van der Waals surface area contributed by atoms with Gasteiger partial charge in [0.1, 0.15) is 5.75 Å². The Balaban J connectivity index is 1.20. The third kappa shape index (κ3) is 8.12. The third-order valence-corrected chi connectivity index (χ3v) is 8.49. The molecule has 0 atom stereocenters. The van der Waals surface area contributed by atoms with Crippen LogP contribution in [0.5, 0.6) is 5.75 Å². The molecule has 0 bridgehead atoms. The van der Waals surface area contributed by atoms with E-state index in [1.165, 1.54) is 17.7 Å². The number of fused-ring (bicyclic) bond motifs is 1. The SMILES string of the molecule is CCCCCCCC(=O)N1C(=O)CCc2ccc(OCCCCN3CCN(c4cccc(Cl)c4Cl)CC3)cc21. The van der Waals surface area contributed by atoms with Gasteiger partial charge in [0.15, 0.2) is 0 Å². The second-order valence-corrected chi connectivity index (χ2v) is 11.3. The molecule has 8 heteroatoms. The number of aryl methyl sites for hydroxylation is 1. The first kappa shape index (κ1) is 29.7. The lowest BCUT2D eigenvalue weighted by atomic mass is 10.00. The van der Waals surface area contributed by atoms with E-state index in [-0.39, 0.29) is 11.8 Å². The summed E-state index contributed by atoms with van der Waals surface area (Å²) >= 11 is 12.6. The summed E-state index contributed by atoms with van der Waals surface area (Å²) in [4.78, 5) is 31.8. The van der Waals surface area contributed by atoms with Gasteiger partial charge in [0.25, 0.3) is 0 Å². The average molecular weight is 575 g/mol. The van der Waals surface area contributed by atoms with Gasteiger partial charge in [0.2, 0.25) is 11.8 Å². The number of imide groups is 1. The molecule has 0 spiro atoms. The summed E-state index contributed by atoms with van der Waals surface area (Å²) in [6, 6.07) is 11.6. The number of anilines is 2. The van der Waals surface area contributed by atoms with E-state index < -0.39 is 0 Å². The van der Waals surface area contributed by atoms with Gasteiger partial charge in [-0.25, -0.2) is 0 Å². The lowest BCUT2D eigenvalue weighted by molar-refractivity contribution is -0.126. The normalized spacial score (nSPS) is 15.9. The van der Waals surface area contributed by atoms with Crippen LogP contribution in [0.25, 0.3) is 0 Å². The molecule has 2 aliphatic heterocycles. The quantitative estimate of drug-likeness (QED) is 0.238. The van der Waals surface area contributed by atoms with Gasteiger partial charge in [-0.3, -0.25) is 19.4 Å². The number of hydrogen-bond acceptors (Lipinski definition) is 5. The molecule has 4 rings (SSSR count). The van der Waals surface area contributed by atoms with Crippen LogP contribution in [0.2, 0.25) is 10.0 Å². The fraction of sp³-hybridized carbons (Fsp3) is 0.548. The summed E-state index contributed by atoms with van der Waals surface area (Å²) in [5.74, 6) is 0.527. The lowest BCUT2D eigenvalue weighted by Gasteiger charge is -2.36. The van der Waals surface area contributed by atoms with E-state index in [1.54, 1.807) is 0 Å². The highest BCUT2D eigenvalue weighted by Crippen LogP contribution is 2.34. The van der Waals surface area contributed by atoms with Crippen LogP contribution >= 0.6 is 23.2 Å². The van der Waals surface area contributed by atoms with Crippen molar-refractivity contribution in [2.45, 2.75) is 71.1 Å². The molecular formula is C31H41Cl2N3O3. The zero-order valence-electron chi connectivity index (χ0n) is 23.1. The van der Waals surface area contributed by atoms with Crippen LogP contribution in [0.4, 0.5) is 11.4 Å². The van der Waals surface area contributed by atoms with Crippen molar-refractivity contribution < 1.29 is 14.3 Å². The molecule has 0 radical (unpaired) electrons. The molecule has 0 saturated carbocycles. The molecule has 0 unspecified atom stereocenters. The van der Waals surface area contributed by atoms with Gasteiger partial charge < -0.3 is 9.64 Å². The van der Waals surface area contributed by atoms with Crippen molar-refractivity contribution >= 4 is 46.4 Å². The number of nitrogens with zero attached hydrogens (tertiary/aromatic N) is 3. The van der Waals surface area contributed by atoms with E-state index >= 15 is 0 Å². The van der Waals surface area contributed by atoms with E-state index in [1.807, 2.05) is 36.4 Å². The maximum Gasteiger partial charge on any atom is 0.234 e. The van der Waals surface area contributed by atoms with Crippen LogP contribution in [-0.4, -0.2) is 56.0 Å². The first-order valence-corrected chi connectivity index (χ1v) is 15.3. The zero-order valence-corrected chi connectivity index (χ0v) is 24.6. The molecule has 2 amide bonds. The van der Waals surface area contributed by atoms with E-state index in [0.29, 0.717) is 41.6 Å². The number of hydrogen-bond donors (Lipinski definition) is 0. The number of benzene rings is 2. The Hall–Kier alpha value is -2.28. The summed E-state index contributed by atoms with van der Waals surface area (Å²) in [7, 11) is 0. The predicted octanol–water partition coefficient (Wildman–Crippen LogP) is 7.14. The van der Waals surface area contributed by atoms with E-state index in [9.17, 15) is 9.59 Å². The molecule has 0 N–H and O–H groups in total. The van der Waals surface area contributed by atoms with Gasteiger partial charge in [-0.05, 0) is 56.0 Å². The summed E-state index contributed by atoms with van der Waals surface area (Å²) in [6.07, 6.45) is 8.83. The summed E-state index contributed by atoms with van der Waals surface area (Å²) < 4.78 is 6.05. The zero-order chi connectivity index (χ0) is 27.6. The first-order chi connectivity index (χ1) is 19.0. The lowest BCUT2D eigenvalue weighted by Crippen LogP contribution is -2.46. The van der Waals surface area contributed by atoms with Gasteiger partial charge in [-0.2, -0.15) is 0 Å². The second kappa shape index (κ2) is 14.9. The van der Waals surface area contributed by atoms with Crippen LogP contribution in [0.15, 0.2) is 36.4 Å². The number of carbonyl (C=O) groups is 2. The number of ether oxygens (including phenoxy) is 1. The van der Waals surface area contributed by atoms with Crippen LogP contribution in [0.1, 0.15) is 70.3 Å². The van der Waals surface area contributed by atoms with E-state index in [0.717, 1.165) is 81.8 Å². The Morgan fingerprint density at radius 3 is 2.49 bits per heavy atom. The van der Waals surface area contributed by atoms with Crippen molar-refractivity contribution in [1.29, 1.82) is 0 Å². The van der Waals surface area contributed by atoms with Gasteiger partial charge >= 0.3 is 0 Å². The first-order valence-electron chi connectivity index (χ1n) is 14.5. The minimum Gasteiger partial charge on any atom is -0.494 e. The molecule has 1 saturated heterocycles. The number of carbonyl (C=O) groups excluding carboxylic acids is 2. The molecule has 0 aliphatic carbocycles. The Morgan fingerprint density at radius 2 is 1.69 bits per heavy atom. The highest BCUT2D eigenvalue weighted by Gasteiger charge is 2.29. The molecule has 2 aromatic rings. The van der Waals surface area contributed by atoms with Crippen molar-refractivity contribution in [3.05, 3.63) is 52.0 Å². The Morgan fingerprint density at radius 1 is 0.897 bits per heavy atom. The molecule has 2 aromatic carbocycles. The highest BCUT2D eigenvalue weighted by atomic mass is 35.5. The van der Waals surface area contributed by atoms with Crippen molar-refractivity contribution in [3.8, 4) is 5.75 Å². The minimum absolute atomic E-state index is 0.0904. The summed E-state index contributed by atoms with van der Waals surface area (Å²) in [5.41, 5.74) is 2.76. The number of piperazine rings is 1. The Kier molecular flexibility index (Phi) is 11.4. The van der Waals surface area contributed by atoms with Crippen molar-refractivity contribution in [3.63, 3.8) is 0 Å². The number of amides is 2. The van der Waals surface area contributed by atoms with Gasteiger partial charge in [-0.15, -0.1) is 0 Å². The van der Waals surface area contributed by atoms with Gasteiger partial charge in [0, 0.05) is 45.1 Å². The summed E-state index contributed by atoms with van der Waals surface area (Å²) in [6.45, 7) is 7.65. The molecule has 212 valence electrons. The van der Waals surface area contributed by atoms with Crippen molar-refractivity contribution in [2.75, 3.05) is 49.1 Å². The third-order valence-electron chi connectivity index (χ3n) is 7.68. The van der Waals surface area contributed by atoms with E-state index in [2.05, 4.69) is 16.7 Å².